The lowest BCUT2D eigenvalue weighted by molar-refractivity contribution is -0.384. The Balaban J connectivity index is 2.92. The maximum atomic E-state index is 11.7. The molecule has 0 fully saturated rings. The minimum Gasteiger partial charge on any atom is -0.261 e. The van der Waals surface area contributed by atoms with Gasteiger partial charge in [0.25, 0.3) is 0 Å². The number of rotatable bonds is 3. The first-order valence-corrected chi connectivity index (χ1v) is 3.46. The maximum Gasteiger partial charge on any atom is 0.325 e. The number of aromatic nitrogens is 2. The van der Waals surface area contributed by atoms with Crippen LogP contribution in [0.2, 0.25) is 5.15 Å². The van der Waals surface area contributed by atoms with Gasteiger partial charge in [0.15, 0.2) is 0 Å². The quantitative estimate of drug-likeness (QED) is 0.539. The third-order valence-corrected chi connectivity index (χ3v) is 1.48. The van der Waals surface area contributed by atoms with Gasteiger partial charge >= 0.3 is 5.69 Å². The van der Waals surface area contributed by atoms with Crippen LogP contribution in [0.5, 0.6) is 0 Å². The van der Waals surface area contributed by atoms with E-state index in [9.17, 15) is 14.5 Å². The molecule has 0 aliphatic carbocycles. The van der Waals surface area contributed by atoms with E-state index in [0.29, 0.717) is 0 Å². The van der Waals surface area contributed by atoms with Gasteiger partial charge in [0.2, 0.25) is 5.15 Å². The molecule has 1 aromatic rings. The number of halogens is 2. The second-order valence-electron chi connectivity index (χ2n) is 2.01. The molecule has 0 aromatic carbocycles. The highest BCUT2D eigenvalue weighted by Crippen LogP contribution is 2.21. The summed E-state index contributed by atoms with van der Waals surface area (Å²) in [5.74, 6) is 0. The molecule has 12 heavy (non-hydrogen) atoms. The smallest absolute Gasteiger partial charge is 0.261 e. The molecule has 0 bridgehead atoms. The van der Waals surface area contributed by atoms with Gasteiger partial charge in [-0.15, -0.1) is 0 Å². The zero-order valence-electron chi connectivity index (χ0n) is 5.91. The third-order valence-electron chi connectivity index (χ3n) is 1.21. The van der Waals surface area contributed by atoms with E-state index < -0.39 is 11.6 Å². The van der Waals surface area contributed by atoms with Crippen molar-refractivity contribution in [1.82, 2.24) is 9.78 Å². The second kappa shape index (κ2) is 3.48. The summed E-state index contributed by atoms with van der Waals surface area (Å²) in [5, 5.41) is 13.5. The van der Waals surface area contributed by atoms with Crippen molar-refractivity contribution in [2.45, 2.75) is 6.54 Å². The van der Waals surface area contributed by atoms with Crippen molar-refractivity contribution >= 4 is 17.3 Å². The van der Waals surface area contributed by atoms with Crippen molar-refractivity contribution in [3.8, 4) is 0 Å². The summed E-state index contributed by atoms with van der Waals surface area (Å²) in [6.07, 6.45) is 1.10. The van der Waals surface area contributed by atoms with Gasteiger partial charge in [-0.1, -0.05) is 11.6 Å². The molecule has 0 atom stereocenters. The van der Waals surface area contributed by atoms with E-state index in [1.165, 1.54) is 0 Å². The highest BCUT2D eigenvalue weighted by molar-refractivity contribution is 6.31. The Bertz CT molecular complexity index is 301. The molecule has 0 amide bonds. The SMILES string of the molecule is O=[N+]([O-])c1cn(CCF)nc1Cl. The molecule has 0 N–H and O–H groups in total. The van der Waals surface area contributed by atoms with Crippen LogP contribution < -0.4 is 0 Å². The lowest BCUT2D eigenvalue weighted by atomic mass is 10.6. The maximum absolute atomic E-state index is 11.7. The molecule has 0 aliphatic heterocycles. The lowest BCUT2D eigenvalue weighted by Gasteiger charge is -1.90. The summed E-state index contributed by atoms with van der Waals surface area (Å²) in [6, 6.07) is 0. The molecule has 0 aliphatic rings. The van der Waals surface area contributed by atoms with Gasteiger partial charge in [-0.2, -0.15) is 5.10 Å². The zero-order valence-corrected chi connectivity index (χ0v) is 6.66. The Morgan fingerprint density at radius 3 is 2.92 bits per heavy atom. The molecular weight excluding hydrogens is 189 g/mol. The van der Waals surface area contributed by atoms with Gasteiger partial charge in [0, 0.05) is 0 Å². The number of hydrogen-bond donors (Lipinski definition) is 0. The molecule has 66 valence electrons. The molecule has 1 rings (SSSR count). The van der Waals surface area contributed by atoms with Crippen LogP contribution in [0.4, 0.5) is 10.1 Å². The monoisotopic (exact) mass is 193 g/mol. The largest absolute Gasteiger partial charge is 0.325 e. The average molecular weight is 194 g/mol. The fraction of sp³-hybridized carbons (Fsp3) is 0.400. The predicted octanol–water partition coefficient (Wildman–Crippen LogP) is 1.41. The summed E-state index contributed by atoms with van der Waals surface area (Å²) in [7, 11) is 0. The molecule has 7 heteroatoms. The topological polar surface area (TPSA) is 61.0 Å². The van der Waals surface area contributed by atoms with Crippen molar-refractivity contribution in [3.63, 3.8) is 0 Å². The van der Waals surface area contributed by atoms with E-state index >= 15 is 0 Å². The first-order chi connectivity index (χ1) is 5.65. The Hall–Kier alpha value is -1.17. The van der Waals surface area contributed by atoms with Gasteiger partial charge in [-0.25, -0.2) is 4.39 Å². The van der Waals surface area contributed by atoms with E-state index in [1.54, 1.807) is 0 Å². The standard InChI is InChI=1S/C5H5ClFN3O2/c6-5-4(10(11)12)3-9(8-5)2-1-7/h3H,1-2H2. The molecule has 1 aromatic heterocycles. The first kappa shape index (κ1) is 8.92. The summed E-state index contributed by atoms with van der Waals surface area (Å²) >= 11 is 5.38. The van der Waals surface area contributed by atoms with Crippen molar-refractivity contribution < 1.29 is 9.31 Å². The van der Waals surface area contributed by atoms with Gasteiger partial charge in [0.05, 0.1) is 11.5 Å². The van der Waals surface area contributed by atoms with Crippen LogP contribution in [-0.4, -0.2) is 21.4 Å². The summed E-state index contributed by atoms with van der Waals surface area (Å²) in [6.45, 7) is -0.650. The zero-order chi connectivity index (χ0) is 9.14. The Morgan fingerprint density at radius 1 is 1.83 bits per heavy atom. The van der Waals surface area contributed by atoms with Crippen molar-refractivity contribution in [2.75, 3.05) is 6.67 Å². The highest BCUT2D eigenvalue weighted by atomic mass is 35.5. The lowest BCUT2D eigenvalue weighted by Crippen LogP contribution is -1.99. The second-order valence-corrected chi connectivity index (χ2v) is 2.37. The van der Waals surface area contributed by atoms with Gasteiger partial charge in [-0.3, -0.25) is 14.8 Å². The van der Waals surface area contributed by atoms with E-state index in [4.69, 9.17) is 11.6 Å². The molecule has 0 saturated heterocycles. The van der Waals surface area contributed by atoms with Crippen LogP contribution in [0, 0.1) is 10.1 Å². The summed E-state index contributed by atoms with van der Waals surface area (Å²) < 4.78 is 12.8. The van der Waals surface area contributed by atoms with Crippen LogP contribution in [-0.2, 0) is 6.54 Å². The molecular formula is C5H5ClFN3O2. The molecule has 0 unspecified atom stereocenters. The van der Waals surface area contributed by atoms with Crippen LogP contribution in [0.1, 0.15) is 0 Å². The number of hydrogen-bond acceptors (Lipinski definition) is 3. The molecule has 1 heterocycles. The van der Waals surface area contributed by atoms with Crippen LogP contribution in [0.25, 0.3) is 0 Å². The normalized spacial score (nSPS) is 10.2. The fourth-order valence-electron chi connectivity index (χ4n) is 0.711. The first-order valence-electron chi connectivity index (χ1n) is 3.08. The van der Waals surface area contributed by atoms with Crippen molar-refractivity contribution in [2.24, 2.45) is 0 Å². The van der Waals surface area contributed by atoms with Gasteiger partial charge < -0.3 is 0 Å². The molecule has 0 saturated carbocycles. The van der Waals surface area contributed by atoms with Crippen LogP contribution in [0.15, 0.2) is 6.20 Å². The molecule has 0 radical (unpaired) electrons. The van der Waals surface area contributed by atoms with Crippen molar-refractivity contribution in [1.29, 1.82) is 0 Å². The van der Waals surface area contributed by atoms with Gasteiger partial charge in [-0.05, 0) is 0 Å². The predicted molar refractivity (Wildman–Crippen MR) is 39.9 cm³/mol. The Kier molecular flexibility index (Phi) is 2.59. The van der Waals surface area contributed by atoms with E-state index in [-0.39, 0.29) is 17.4 Å². The van der Waals surface area contributed by atoms with E-state index in [0.717, 1.165) is 10.9 Å². The van der Waals surface area contributed by atoms with Crippen LogP contribution >= 0.6 is 11.6 Å². The number of nitrogens with zero attached hydrogens (tertiary/aromatic N) is 3. The highest BCUT2D eigenvalue weighted by Gasteiger charge is 2.16. The molecule has 5 nitrogen and oxygen atoms in total. The minimum atomic E-state index is -0.663. The van der Waals surface area contributed by atoms with E-state index in [1.807, 2.05) is 0 Å². The number of aryl methyl sites for hydroxylation is 1. The number of nitro groups is 1. The van der Waals surface area contributed by atoms with Crippen LogP contribution in [0.3, 0.4) is 0 Å². The summed E-state index contributed by atoms with van der Waals surface area (Å²) in [4.78, 5) is 9.55. The Labute approximate surface area is 71.9 Å². The fourth-order valence-corrected chi connectivity index (χ4v) is 0.926. The summed E-state index contributed by atoms with van der Waals surface area (Å²) in [5.41, 5.74) is -0.301. The van der Waals surface area contributed by atoms with E-state index in [2.05, 4.69) is 5.10 Å². The Morgan fingerprint density at radius 2 is 2.50 bits per heavy atom. The average Bonchev–Trinajstić information content (AvgIpc) is 2.32. The van der Waals surface area contributed by atoms with Gasteiger partial charge in [0.1, 0.15) is 12.9 Å². The number of alkyl halides is 1. The third kappa shape index (κ3) is 1.70. The minimum absolute atomic E-state index is 0.0203. The van der Waals surface area contributed by atoms with Crippen molar-refractivity contribution in [3.05, 3.63) is 21.5 Å². The molecule has 0 spiro atoms.